The first-order chi connectivity index (χ1) is 21.2. The number of sulfone groups is 1. The van der Waals surface area contributed by atoms with Gasteiger partial charge in [0.2, 0.25) is 27.6 Å². The van der Waals surface area contributed by atoms with Gasteiger partial charge in [0.25, 0.3) is 0 Å². The lowest BCUT2D eigenvalue weighted by atomic mass is 10.3. The predicted octanol–water partition coefficient (Wildman–Crippen LogP) is 4.41. The minimum absolute atomic E-state index is 0.0136. The molecule has 4 rings (SSSR count). The number of pyridine rings is 2. The summed E-state index contributed by atoms with van der Waals surface area (Å²) in [5.41, 5.74) is 0.155. The molecule has 0 aliphatic heterocycles. The van der Waals surface area contributed by atoms with Crippen LogP contribution in [0.5, 0.6) is 5.88 Å². The van der Waals surface area contributed by atoms with Crippen molar-refractivity contribution in [2.45, 2.75) is 29.3 Å². The standard InChI is InChI=1S/C27H31ClF3N9O4S/c1-5-21(41)34-19-13-20(24(44-15-27(29,30)31)38-23(19)40(4)12-11-39(2)3)36-26-33-14-17(28)22(37-26)35-18-7-6-10-32-25(18)45(42,43)16-8-9-16/h5-7,10,13-14,16H,1,8-9,11-12,15H2,2-4H3,(H,34,41)(H2,33,35,36,37). The average Bonchev–Trinajstić information content (AvgIpc) is 3.83. The van der Waals surface area contributed by atoms with Crippen LogP contribution in [0, 0.1) is 0 Å². The maximum atomic E-state index is 13.2. The number of alkyl halides is 3. The lowest BCUT2D eigenvalue weighted by Crippen LogP contribution is -2.30. The minimum atomic E-state index is -4.68. The molecule has 0 spiro atoms. The molecule has 0 bridgehead atoms. The number of rotatable bonds is 14. The van der Waals surface area contributed by atoms with Crippen LogP contribution in [0.3, 0.4) is 0 Å². The predicted molar refractivity (Wildman–Crippen MR) is 164 cm³/mol. The van der Waals surface area contributed by atoms with Gasteiger partial charge in [-0.05, 0) is 51.2 Å². The van der Waals surface area contributed by atoms with E-state index >= 15 is 0 Å². The average molecular weight is 670 g/mol. The molecule has 1 aliphatic carbocycles. The van der Waals surface area contributed by atoms with Crippen LogP contribution in [-0.4, -0.2) is 91.4 Å². The third-order valence-electron chi connectivity index (χ3n) is 6.27. The number of ether oxygens (including phenoxy) is 1. The van der Waals surface area contributed by atoms with Crippen LogP contribution >= 0.6 is 11.6 Å². The fourth-order valence-corrected chi connectivity index (χ4v) is 5.72. The molecular formula is C27H31ClF3N9O4S. The summed E-state index contributed by atoms with van der Waals surface area (Å²) in [6, 6.07) is 4.36. The Labute approximate surface area is 262 Å². The second kappa shape index (κ2) is 13.8. The topological polar surface area (TPSA) is 155 Å². The van der Waals surface area contributed by atoms with Crippen molar-refractivity contribution in [1.82, 2.24) is 24.8 Å². The molecule has 45 heavy (non-hydrogen) atoms. The van der Waals surface area contributed by atoms with E-state index in [0.29, 0.717) is 25.9 Å². The Balaban J connectivity index is 1.72. The molecule has 3 aromatic heterocycles. The molecule has 0 aromatic carbocycles. The molecule has 13 nitrogen and oxygen atoms in total. The van der Waals surface area contributed by atoms with Gasteiger partial charge in [0.05, 0.1) is 22.8 Å². The zero-order valence-electron chi connectivity index (χ0n) is 24.5. The zero-order valence-corrected chi connectivity index (χ0v) is 26.1. The number of halogens is 4. The number of amides is 1. The summed E-state index contributed by atoms with van der Waals surface area (Å²) in [5, 5.41) is 7.58. The fraction of sp³-hybridized carbons (Fsp3) is 0.370. The molecule has 1 aliphatic rings. The van der Waals surface area contributed by atoms with Crippen LogP contribution in [0.1, 0.15) is 12.8 Å². The summed E-state index contributed by atoms with van der Waals surface area (Å²) in [5.74, 6) is -1.08. The highest BCUT2D eigenvalue weighted by Gasteiger charge is 2.39. The van der Waals surface area contributed by atoms with E-state index in [2.05, 4.69) is 42.5 Å². The molecular weight excluding hydrogens is 639 g/mol. The SMILES string of the molecule is C=CC(=O)Nc1cc(Nc2ncc(Cl)c(Nc3cccnc3S(=O)(=O)C3CC3)n2)c(OCC(F)(F)F)nc1N(C)CCN(C)C. The Hall–Kier alpha value is -4.22. The van der Waals surface area contributed by atoms with Crippen LogP contribution < -0.4 is 25.6 Å². The van der Waals surface area contributed by atoms with E-state index in [1.54, 1.807) is 11.9 Å². The monoisotopic (exact) mass is 669 g/mol. The van der Waals surface area contributed by atoms with E-state index in [1.165, 1.54) is 30.6 Å². The summed E-state index contributed by atoms with van der Waals surface area (Å²) in [6.07, 6.45) is -0.0182. The normalized spacial score (nSPS) is 13.3. The van der Waals surface area contributed by atoms with Gasteiger partial charge in [-0.3, -0.25) is 4.79 Å². The first-order valence-corrected chi connectivity index (χ1v) is 15.4. The van der Waals surface area contributed by atoms with Gasteiger partial charge in [0.15, 0.2) is 23.3 Å². The van der Waals surface area contributed by atoms with Crippen molar-refractivity contribution in [3.05, 3.63) is 48.3 Å². The van der Waals surface area contributed by atoms with Gasteiger partial charge in [-0.2, -0.15) is 23.1 Å². The highest BCUT2D eigenvalue weighted by atomic mass is 35.5. The lowest BCUT2D eigenvalue weighted by Gasteiger charge is -2.25. The molecule has 3 heterocycles. The summed E-state index contributed by atoms with van der Waals surface area (Å²) in [4.78, 5) is 32.5. The minimum Gasteiger partial charge on any atom is -0.466 e. The van der Waals surface area contributed by atoms with E-state index in [-0.39, 0.29) is 44.7 Å². The lowest BCUT2D eigenvalue weighted by molar-refractivity contribution is -0.153. The van der Waals surface area contributed by atoms with Crippen molar-refractivity contribution in [3.8, 4) is 5.88 Å². The van der Waals surface area contributed by atoms with Crippen LogP contribution in [0.15, 0.2) is 48.3 Å². The Kier molecular flexibility index (Phi) is 10.3. The number of hydrogen-bond acceptors (Lipinski definition) is 12. The zero-order chi connectivity index (χ0) is 32.9. The Morgan fingerprint density at radius 3 is 2.51 bits per heavy atom. The molecule has 1 saturated carbocycles. The Bertz CT molecular complexity index is 1670. The highest BCUT2D eigenvalue weighted by Crippen LogP contribution is 2.38. The smallest absolute Gasteiger partial charge is 0.422 e. The van der Waals surface area contributed by atoms with Crippen molar-refractivity contribution in [2.24, 2.45) is 0 Å². The fourth-order valence-electron chi connectivity index (χ4n) is 3.87. The quantitative estimate of drug-likeness (QED) is 0.208. The Morgan fingerprint density at radius 1 is 1.13 bits per heavy atom. The Morgan fingerprint density at radius 2 is 1.87 bits per heavy atom. The number of likely N-dealkylation sites (N-methyl/N-ethyl adjacent to an activating group) is 2. The largest absolute Gasteiger partial charge is 0.466 e. The van der Waals surface area contributed by atoms with Crippen molar-refractivity contribution < 1.29 is 31.1 Å². The van der Waals surface area contributed by atoms with E-state index in [4.69, 9.17) is 16.3 Å². The summed E-state index contributed by atoms with van der Waals surface area (Å²) in [6.45, 7) is 2.77. The summed E-state index contributed by atoms with van der Waals surface area (Å²) < 4.78 is 70.5. The van der Waals surface area contributed by atoms with Crippen molar-refractivity contribution in [2.75, 3.05) is 61.7 Å². The molecule has 18 heteroatoms. The molecule has 242 valence electrons. The maximum absolute atomic E-state index is 13.2. The van der Waals surface area contributed by atoms with Gasteiger partial charge in [0.1, 0.15) is 10.7 Å². The van der Waals surface area contributed by atoms with Crippen molar-refractivity contribution in [3.63, 3.8) is 0 Å². The summed E-state index contributed by atoms with van der Waals surface area (Å²) >= 11 is 6.31. The number of hydrogen-bond donors (Lipinski definition) is 3. The van der Waals surface area contributed by atoms with Crippen molar-refractivity contribution in [1.29, 1.82) is 0 Å². The van der Waals surface area contributed by atoms with Gasteiger partial charge < -0.3 is 30.5 Å². The van der Waals surface area contributed by atoms with Crippen LogP contribution in [0.2, 0.25) is 5.02 Å². The van der Waals surface area contributed by atoms with E-state index in [1.807, 2.05) is 19.0 Å². The van der Waals surface area contributed by atoms with Crippen LogP contribution in [0.25, 0.3) is 0 Å². The third-order valence-corrected chi connectivity index (χ3v) is 8.76. The first kappa shape index (κ1) is 33.7. The number of anilines is 6. The number of aromatic nitrogens is 4. The number of carbonyl (C=O) groups is 1. The van der Waals surface area contributed by atoms with Crippen LogP contribution in [-0.2, 0) is 14.6 Å². The van der Waals surface area contributed by atoms with Gasteiger partial charge in [-0.25, -0.2) is 18.4 Å². The number of carbonyl (C=O) groups excluding carboxylic acids is 1. The van der Waals surface area contributed by atoms with Gasteiger partial charge in [-0.1, -0.05) is 18.2 Å². The molecule has 0 saturated heterocycles. The number of nitrogens with zero attached hydrogens (tertiary/aromatic N) is 6. The molecule has 3 aromatic rings. The highest BCUT2D eigenvalue weighted by molar-refractivity contribution is 7.92. The molecule has 3 N–H and O–H groups in total. The molecule has 0 atom stereocenters. The van der Waals surface area contributed by atoms with Gasteiger partial charge in [-0.15, -0.1) is 0 Å². The van der Waals surface area contributed by atoms with Gasteiger partial charge >= 0.3 is 6.18 Å². The third kappa shape index (κ3) is 8.92. The van der Waals surface area contributed by atoms with E-state index in [0.717, 1.165) is 6.08 Å². The molecule has 0 radical (unpaired) electrons. The van der Waals surface area contributed by atoms with Crippen molar-refractivity contribution >= 4 is 62.0 Å². The summed E-state index contributed by atoms with van der Waals surface area (Å²) in [7, 11) is 1.67. The number of nitrogens with one attached hydrogen (secondary N) is 3. The van der Waals surface area contributed by atoms with Crippen LogP contribution in [0.4, 0.5) is 47.8 Å². The van der Waals surface area contributed by atoms with E-state index < -0.39 is 39.7 Å². The first-order valence-electron chi connectivity index (χ1n) is 13.5. The second-order valence-corrected chi connectivity index (χ2v) is 12.8. The van der Waals surface area contributed by atoms with E-state index in [9.17, 15) is 26.4 Å². The second-order valence-electron chi connectivity index (χ2n) is 10.3. The molecule has 0 unspecified atom stereocenters. The van der Waals surface area contributed by atoms with Gasteiger partial charge in [0, 0.05) is 26.3 Å². The maximum Gasteiger partial charge on any atom is 0.422 e. The molecule has 1 amide bonds. The molecule has 1 fully saturated rings.